The molecule has 12 heteroatoms. The summed E-state index contributed by atoms with van der Waals surface area (Å²) in [5.74, 6) is 8.46. The van der Waals surface area contributed by atoms with Crippen LogP contribution in [0.5, 0.6) is 0 Å². The van der Waals surface area contributed by atoms with Gasteiger partial charge in [0.2, 0.25) is 11.8 Å². The Hall–Kier alpha value is -4.63. The molecule has 4 aliphatic rings. The predicted molar refractivity (Wildman–Crippen MR) is 213 cm³/mol. The summed E-state index contributed by atoms with van der Waals surface area (Å²) < 4.78 is 5.62. The van der Waals surface area contributed by atoms with E-state index in [1.165, 1.54) is 20.0 Å². The Kier molecular flexibility index (Phi) is 9.59. The molecule has 4 aromatic rings. The maximum atomic E-state index is 13.9. The molecular weight excluding hydrogens is 758 g/mol. The van der Waals surface area contributed by atoms with Gasteiger partial charge in [0.25, 0.3) is 0 Å². The van der Waals surface area contributed by atoms with Crippen molar-refractivity contribution in [1.82, 2.24) is 35.1 Å². The zero-order chi connectivity index (χ0) is 38.8. The van der Waals surface area contributed by atoms with Gasteiger partial charge in [-0.3, -0.25) is 9.59 Å². The summed E-state index contributed by atoms with van der Waals surface area (Å²) in [6.45, 7) is 11.6. The number of hydrogen-bond acceptors (Lipinski definition) is 6. The van der Waals surface area contributed by atoms with Crippen molar-refractivity contribution in [1.29, 1.82) is 0 Å². The van der Waals surface area contributed by atoms with Crippen molar-refractivity contribution < 1.29 is 19.1 Å². The first-order valence-corrected chi connectivity index (χ1v) is 20.4. The number of aromatic nitrogens is 4. The number of benzene rings is 2. The standard InChI is InChI=1S/C43H50BrN7O4/c1-24(2)26(5)39(52)50-22-42(15-16-42)21-33(50)38-47-35(36(44)49-38)29-12-9-27(10-13-29)7-8-28-11-14-30-31(19-28)46-37(45-30)32-20-43(17-18-43)23-51(32)40(53)34(25(3)4)48-41(54)55-6/h9-14,19,24-26,32-34H,15-18,20-23H2,1-6H3,(H,45,46)(H,47,49)(H,48,54)/t26-,32-,33-,34-/m0/s1. The minimum absolute atomic E-state index is 0.0292. The summed E-state index contributed by atoms with van der Waals surface area (Å²) in [7, 11) is 1.31. The Morgan fingerprint density at radius 2 is 1.40 bits per heavy atom. The van der Waals surface area contributed by atoms with E-state index < -0.39 is 12.1 Å². The Bertz CT molecular complexity index is 2200. The number of amides is 3. The lowest BCUT2D eigenvalue weighted by atomic mass is 9.96. The van der Waals surface area contributed by atoms with E-state index in [4.69, 9.17) is 14.7 Å². The number of imidazole rings is 2. The molecule has 2 spiro atoms. The molecule has 3 N–H and O–H groups in total. The molecule has 2 aliphatic carbocycles. The Morgan fingerprint density at radius 1 is 0.818 bits per heavy atom. The number of alkyl carbamates (subject to hydrolysis) is 1. The van der Waals surface area contributed by atoms with Gasteiger partial charge in [-0.05, 0) is 107 Å². The Morgan fingerprint density at radius 3 is 1.98 bits per heavy atom. The second-order valence-corrected chi connectivity index (χ2v) is 18.0. The number of likely N-dealkylation sites (tertiary alicyclic amines) is 2. The van der Waals surface area contributed by atoms with E-state index >= 15 is 0 Å². The number of nitrogens with zero attached hydrogens (tertiary/aromatic N) is 4. The lowest BCUT2D eigenvalue weighted by Gasteiger charge is -2.30. The SMILES string of the molecule is COC(=O)N[C@H](C(=O)N1CC2(CC2)C[C@H]1c1nc2cc(C#Cc3ccc(-c4nc([C@@H]5CC6(CC6)CN5C(=O)[C@@H](C)C(C)C)[nH]c4Br)cc3)ccc2[nH]1)C(C)C. The van der Waals surface area contributed by atoms with Crippen LogP contribution in [0.2, 0.25) is 0 Å². The van der Waals surface area contributed by atoms with E-state index in [1.807, 2.05) is 68.1 Å². The second-order valence-electron chi connectivity index (χ2n) is 17.2. The van der Waals surface area contributed by atoms with Crippen molar-refractivity contribution in [2.24, 2.45) is 28.6 Å². The van der Waals surface area contributed by atoms with E-state index in [2.05, 4.69) is 61.8 Å². The molecule has 4 atom stereocenters. The number of ether oxygens (including phenoxy) is 1. The third-order valence-electron chi connectivity index (χ3n) is 12.6. The molecular formula is C43H50BrN7O4. The van der Waals surface area contributed by atoms with Gasteiger partial charge in [0.1, 0.15) is 28.0 Å². The van der Waals surface area contributed by atoms with Gasteiger partial charge in [-0.2, -0.15) is 0 Å². The average Bonchev–Trinajstić information content (AvgIpc) is 3.84. The van der Waals surface area contributed by atoms with Gasteiger partial charge in [0, 0.05) is 35.7 Å². The van der Waals surface area contributed by atoms with E-state index in [0.717, 1.165) is 81.9 Å². The predicted octanol–water partition coefficient (Wildman–Crippen LogP) is 7.90. The monoisotopic (exact) mass is 807 g/mol. The summed E-state index contributed by atoms with van der Waals surface area (Å²) in [5, 5.41) is 2.75. The molecule has 2 aliphatic heterocycles. The van der Waals surface area contributed by atoms with Gasteiger partial charge in [-0.1, -0.05) is 58.6 Å². The fourth-order valence-electron chi connectivity index (χ4n) is 8.40. The van der Waals surface area contributed by atoms with Crippen molar-refractivity contribution in [2.45, 2.75) is 91.3 Å². The maximum absolute atomic E-state index is 13.9. The zero-order valence-electron chi connectivity index (χ0n) is 32.5. The van der Waals surface area contributed by atoms with Gasteiger partial charge in [-0.25, -0.2) is 14.8 Å². The summed E-state index contributed by atoms with van der Waals surface area (Å²) in [4.78, 5) is 60.4. The second kappa shape index (κ2) is 14.1. The summed E-state index contributed by atoms with van der Waals surface area (Å²) in [6.07, 6.45) is 5.72. The van der Waals surface area contributed by atoms with E-state index in [-0.39, 0.29) is 52.5 Å². The molecule has 55 heavy (non-hydrogen) atoms. The molecule has 4 heterocycles. The third kappa shape index (κ3) is 7.28. The molecule has 2 saturated heterocycles. The number of rotatable bonds is 8. The average molecular weight is 809 g/mol. The molecule has 4 fully saturated rings. The van der Waals surface area contributed by atoms with Crippen molar-refractivity contribution in [2.75, 3.05) is 20.2 Å². The smallest absolute Gasteiger partial charge is 0.407 e. The maximum Gasteiger partial charge on any atom is 0.407 e. The molecule has 0 radical (unpaired) electrons. The van der Waals surface area contributed by atoms with Gasteiger partial charge in [0.05, 0.1) is 30.2 Å². The van der Waals surface area contributed by atoms with Crippen LogP contribution in [0.3, 0.4) is 0 Å². The lowest BCUT2D eigenvalue weighted by molar-refractivity contribution is -0.137. The molecule has 8 rings (SSSR count). The number of aromatic amines is 2. The number of hydrogen-bond donors (Lipinski definition) is 3. The van der Waals surface area contributed by atoms with Crippen LogP contribution in [-0.2, 0) is 14.3 Å². The van der Waals surface area contributed by atoms with Gasteiger partial charge < -0.3 is 29.8 Å². The lowest BCUT2D eigenvalue weighted by Crippen LogP contribution is -2.51. The first kappa shape index (κ1) is 37.3. The first-order valence-electron chi connectivity index (χ1n) is 19.6. The highest BCUT2D eigenvalue weighted by Crippen LogP contribution is 2.59. The van der Waals surface area contributed by atoms with Crippen molar-refractivity contribution in [3.05, 3.63) is 69.8 Å². The first-order chi connectivity index (χ1) is 26.3. The van der Waals surface area contributed by atoms with Crippen LogP contribution in [0.15, 0.2) is 47.1 Å². The fourth-order valence-corrected chi connectivity index (χ4v) is 8.92. The molecule has 2 saturated carbocycles. The van der Waals surface area contributed by atoms with E-state index in [9.17, 15) is 14.4 Å². The minimum atomic E-state index is -0.685. The molecule has 288 valence electrons. The molecule has 2 aromatic carbocycles. The van der Waals surface area contributed by atoms with Crippen LogP contribution < -0.4 is 5.32 Å². The van der Waals surface area contributed by atoms with E-state index in [1.54, 1.807) is 0 Å². The van der Waals surface area contributed by atoms with Crippen LogP contribution >= 0.6 is 15.9 Å². The number of carbonyl (C=O) groups is 3. The minimum Gasteiger partial charge on any atom is -0.453 e. The van der Waals surface area contributed by atoms with Crippen LogP contribution in [0.4, 0.5) is 4.79 Å². The number of halogens is 1. The van der Waals surface area contributed by atoms with E-state index in [0.29, 0.717) is 6.54 Å². The van der Waals surface area contributed by atoms with Crippen LogP contribution in [0.1, 0.15) is 108 Å². The number of methoxy groups -OCH3 is 1. The molecule has 0 bridgehead atoms. The van der Waals surface area contributed by atoms with Crippen LogP contribution in [-0.4, -0.2) is 73.9 Å². The molecule has 0 unspecified atom stereocenters. The zero-order valence-corrected chi connectivity index (χ0v) is 34.0. The Balaban J connectivity index is 0.978. The number of nitrogens with one attached hydrogen (secondary N) is 3. The quantitative estimate of drug-likeness (QED) is 0.155. The number of H-pyrrole nitrogens is 2. The topological polar surface area (TPSA) is 136 Å². The third-order valence-corrected chi connectivity index (χ3v) is 13.2. The highest BCUT2D eigenvalue weighted by Gasteiger charge is 2.56. The number of carbonyl (C=O) groups excluding carboxylic acids is 3. The Labute approximate surface area is 330 Å². The molecule has 11 nitrogen and oxygen atoms in total. The van der Waals surface area contributed by atoms with Crippen molar-refractivity contribution in [3.63, 3.8) is 0 Å². The number of fused-ring (bicyclic) bond motifs is 1. The highest BCUT2D eigenvalue weighted by molar-refractivity contribution is 9.10. The normalized spacial score (nSPS) is 21.6. The van der Waals surface area contributed by atoms with Crippen molar-refractivity contribution in [3.8, 4) is 23.1 Å². The summed E-state index contributed by atoms with van der Waals surface area (Å²) >= 11 is 3.72. The van der Waals surface area contributed by atoms with Crippen LogP contribution in [0.25, 0.3) is 22.3 Å². The van der Waals surface area contributed by atoms with Gasteiger partial charge >= 0.3 is 6.09 Å². The molecule has 3 amide bonds. The summed E-state index contributed by atoms with van der Waals surface area (Å²) in [6, 6.07) is 13.1. The molecule has 2 aromatic heterocycles. The largest absolute Gasteiger partial charge is 0.453 e. The highest BCUT2D eigenvalue weighted by atomic mass is 79.9. The van der Waals surface area contributed by atoms with Gasteiger partial charge in [-0.15, -0.1) is 0 Å². The van der Waals surface area contributed by atoms with Crippen molar-refractivity contribution >= 4 is 44.9 Å². The fraction of sp³-hybridized carbons (Fsp3) is 0.512. The van der Waals surface area contributed by atoms with Crippen LogP contribution in [0, 0.1) is 40.4 Å². The summed E-state index contributed by atoms with van der Waals surface area (Å²) in [5.41, 5.74) is 5.55. The van der Waals surface area contributed by atoms with Gasteiger partial charge in [0.15, 0.2) is 0 Å².